The fourth-order valence-electron chi connectivity index (χ4n) is 4.97. The summed E-state index contributed by atoms with van der Waals surface area (Å²) in [6.07, 6.45) is 4.80. The maximum atomic E-state index is 13.1. The van der Waals surface area contributed by atoms with Crippen molar-refractivity contribution in [3.8, 4) is 0 Å². The molecule has 0 N–H and O–H groups in total. The van der Waals surface area contributed by atoms with Gasteiger partial charge in [0.2, 0.25) is 0 Å². The van der Waals surface area contributed by atoms with E-state index >= 15 is 0 Å². The number of rotatable bonds is 11. The maximum absolute atomic E-state index is 13.1. The zero-order valence-electron chi connectivity index (χ0n) is 20.4. The minimum atomic E-state index is -3.92. The summed E-state index contributed by atoms with van der Waals surface area (Å²) in [4.78, 5) is 0.164. The highest BCUT2D eigenvalue weighted by Gasteiger charge is 2.47. The lowest BCUT2D eigenvalue weighted by atomic mass is 9.91. The van der Waals surface area contributed by atoms with Gasteiger partial charge < -0.3 is 14.2 Å². The lowest BCUT2D eigenvalue weighted by molar-refractivity contribution is -0.199. The average molecular weight is 501 g/mol. The van der Waals surface area contributed by atoms with E-state index in [1.807, 2.05) is 43.3 Å². The Bertz CT molecular complexity index is 1030. The quantitative estimate of drug-likeness (QED) is 0.304. The summed E-state index contributed by atoms with van der Waals surface area (Å²) in [5.74, 6) is -0.141. The van der Waals surface area contributed by atoms with Crippen molar-refractivity contribution in [2.24, 2.45) is 11.8 Å². The van der Waals surface area contributed by atoms with Gasteiger partial charge in [0.25, 0.3) is 10.1 Å². The highest BCUT2D eigenvalue weighted by Crippen LogP contribution is 2.41. The topological polar surface area (TPSA) is 71.1 Å². The highest BCUT2D eigenvalue weighted by molar-refractivity contribution is 7.86. The van der Waals surface area contributed by atoms with Crippen LogP contribution in [0.2, 0.25) is 0 Å². The van der Waals surface area contributed by atoms with Gasteiger partial charge in [-0.2, -0.15) is 8.42 Å². The molecular formula is C28H36O6S. The Labute approximate surface area is 209 Å². The molecule has 2 fully saturated rings. The Morgan fingerprint density at radius 3 is 2.49 bits per heavy atom. The smallest absolute Gasteiger partial charge is 0.297 e. The Morgan fingerprint density at radius 2 is 1.80 bits per heavy atom. The Hall–Kier alpha value is -2.03. The fraction of sp³-hybridized carbons (Fsp3) is 0.500. The van der Waals surface area contributed by atoms with Crippen LogP contribution in [0.15, 0.2) is 72.1 Å². The Morgan fingerprint density at radius 1 is 1.03 bits per heavy atom. The van der Waals surface area contributed by atoms with Crippen LogP contribution in [-0.2, 0) is 35.1 Å². The summed E-state index contributed by atoms with van der Waals surface area (Å²) in [6.45, 7) is 7.44. The normalized spacial score (nSPS) is 27.1. The molecule has 0 aromatic heterocycles. The van der Waals surface area contributed by atoms with Crippen LogP contribution in [0.3, 0.4) is 0 Å². The molecule has 0 amide bonds. The summed E-state index contributed by atoms with van der Waals surface area (Å²) in [5.41, 5.74) is 2.08. The molecule has 2 aromatic rings. The van der Waals surface area contributed by atoms with Crippen molar-refractivity contribution in [2.75, 3.05) is 13.2 Å². The summed E-state index contributed by atoms with van der Waals surface area (Å²) in [7, 11) is -3.92. The lowest BCUT2D eigenvalue weighted by Gasteiger charge is -2.30. The summed E-state index contributed by atoms with van der Waals surface area (Å²) >= 11 is 0. The van der Waals surface area contributed by atoms with Gasteiger partial charge in [0.1, 0.15) is 0 Å². The first-order valence-corrected chi connectivity index (χ1v) is 13.9. The highest BCUT2D eigenvalue weighted by atomic mass is 32.2. The minimum Gasteiger partial charge on any atom is -0.376 e. The van der Waals surface area contributed by atoms with E-state index in [2.05, 4.69) is 6.58 Å². The van der Waals surface area contributed by atoms with E-state index in [9.17, 15) is 8.42 Å². The lowest BCUT2D eigenvalue weighted by Crippen LogP contribution is -2.33. The standard InChI is InChI=1S/C28H36O6S/c1-3-9-24-25(20-31-19-22-10-5-4-6-11-22)26(33-28-12-7-8-17-32-28)18-27(24)34-35(29,30)23-15-13-21(2)14-16-23/h3-6,10-11,13-16,24-28H,1,7-9,12,17-20H2,2H3/t24-,25-,26-,27-,28?/m1/s1. The van der Waals surface area contributed by atoms with Crippen molar-refractivity contribution in [2.45, 2.75) is 69.0 Å². The number of aryl methyl sites for hydroxylation is 1. The first-order chi connectivity index (χ1) is 17.0. The monoisotopic (exact) mass is 500 g/mol. The van der Waals surface area contributed by atoms with Crippen molar-refractivity contribution in [1.29, 1.82) is 0 Å². The van der Waals surface area contributed by atoms with Crippen molar-refractivity contribution in [3.05, 3.63) is 78.4 Å². The SMILES string of the molecule is C=CC[C@@H]1[C@@H](COCc2ccccc2)[C@H](OC2CCCCO2)C[C@H]1OS(=O)(=O)c1ccc(C)cc1. The van der Waals surface area contributed by atoms with E-state index in [1.54, 1.807) is 24.3 Å². The van der Waals surface area contributed by atoms with Gasteiger partial charge >= 0.3 is 0 Å². The van der Waals surface area contributed by atoms with Crippen molar-refractivity contribution < 1.29 is 26.8 Å². The van der Waals surface area contributed by atoms with E-state index < -0.39 is 16.2 Å². The summed E-state index contributed by atoms with van der Waals surface area (Å²) in [5, 5.41) is 0. The largest absolute Gasteiger partial charge is 0.376 e. The molecule has 2 aromatic carbocycles. The van der Waals surface area contributed by atoms with Gasteiger partial charge in [-0.05, 0) is 56.2 Å². The van der Waals surface area contributed by atoms with E-state index in [4.69, 9.17) is 18.4 Å². The molecule has 1 heterocycles. The van der Waals surface area contributed by atoms with Gasteiger partial charge in [-0.15, -0.1) is 6.58 Å². The Balaban J connectivity index is 1.51. The zero-order valence-corrected chi connectivity index (χ0v) is 21.2. The first kappa shape index (κ1) is 26.0. The number of ether oxygens (including phenoxy) is 3. The van der Waals surface area contributed by atoms with E-state index in [0.717, 1.165) is 30.4 Å². The predicted octanol–water partition coefficient (Wildman–Crippen LogP) is 5.41. The molecule has 0 radical (unpaired) electrons. The van der Waals surface area contributed by atoms with Gasteiger partial charge in [0, 0.05) is 18.9 Å². The second kappa shape index (κ2) is 12.3. The molecular weight excluding hydrogens is 464 g/mol. The van der Waals surface area contributed by atoms with Crippen molar-refractivity contribution in [1.82, 2.24) is 0 Å². The molecule has 35 heavy (non-hydrogen) atoms. The van der Waals surface area contributed by atoms with E-state index in [0.29, 0.717) is 32.7 Å². The molecule has 1 aliphatic heterocycles. The number of allylic oxidation sites excluding steroid dienone is 1. The molecule has 6 nitrogen and oxygen atoms in total. The molecule has 0 spiro atoms. The molecule has 1 unspecified atom stereocenters. The van der Waals surface area contributed by atoms with Crippen LogP contribution >= 0.6 is 0 Å². The third-order valence-electron chi connectivity index (χ3n) is 6.85. The van der Waals surface area contributed by atoms with Crippen LogP contribution in [0, 0.1) is 18.8 Å². The number of benzene rings is 2. The van der Waals surface area contributed by atoms with Gasteiger partial charge in [-0.3, -0.25) is 4.18 Å². The predicted molar refractivity (Wildman–Crippen MR) is 134 cm³/mol. The van der Waals surface area contributed by atoms with E-state index in [1.165, 1.54) is 0 Å². The zero-order chi connectivity index (χ0) is 24.7. The van der Waals surface area contributed by atoms with Gasteiger partial charge in [-0.25, -0.2) is 0 Å². The Kier molecular flexibility index (Phi) is 9.14. The first-order valence-electron chi connectivity index (χ1n) is 12.5. The number of hydrogen-bond donors (Lipinski definition) is 0. The molecule has 4 rings (SSSR count). The average Bonchev–Trinajstić information content (AvgIpc) is 3.16. The maximum Gasteiger partial charge on any atom is 0.297 e. The second-order valence-corrected chi connectivity index (χ2v) is 11.0. The third kappa shape index (κ3) is 7.02. The van der Waals surface area contributed by atoms with Crippen LogP contribution < -0.4 is 0 Å². The summed E-state index contributed by atoms with van der Waals surface area (Å²) in [6, 6.07) is 16.7. The molecule has 1 aliphatic carbocycles. The molecule has 1 saturated heterocycles. The molecule has 1 saturated carbocycles. The van der Waals surface area contributed by atoms with Crippen LogP contribution in [0.1, 0.15) is 43.2 Å². The van der Waals surface area contributed by atoms with Gasteiger partial charge in [-0.1, -0.05) is 54.1 Å². The molecule has 7 heteroatoms. The molecule has 2 aliphatic rings. The van der Waals surface area contributed by atoms with Crippen LogP contribution in [0.5, 0.6) is 0 Å². The number of hydrogen-bond acceptors (Lipinski definition) is 6. The molecule has 5 atom stereocenters. The summed E-state index contributed by atoms with van der Waals surface area (Å²) < 4.78 is 50.4. The van der Waals surface area contributed by atoms with Crippen LogP contribution in [0.4, 0.5) is 0 Å². The molecule has 0 bridgehead atoms. The van der Waals surface area contributed by atoms with E-state index in [-0.39, 0.29) is 29.1 Å². The van der Waals surface area contributed by atoms with Crippen LogP contribution in [-0.4, -0.2) is 40.1 Å². The molecule has 190 valence electrons. The van der Waals surface area contributed by atoms with Crippen LogP contribution in [0.25, 0.3) is 0 Å². The second-order valence-electron chi connectivity index (χ2n) is 9.46. The van der Waals surface area contributed by atoms with Gasteiger partial charge in [0.05, 0.1) is 30.3 Å². The fourth-order valence-corrected chi connectivity index (χ4v) is 6.10. The van der Waals surface area contributed by atoms with Crippen molar-refractivity contribution >= 4 is 10.1 Å². The van der Waals surface area contributed by atoms with Crippen molar-refractivity contribution in [3.63, 3.8) is 0 Å². The van der Waals surface area contributed by atoms with Gasteiger partial charge in [0.15, 0.2) is 6.29 Å². The minimum absolute atomic E-state index is 0.0412. The third-order valence-corrected chi connectivity index (χ3v) is 8.20.